The van der Waals surface area contributed by atoms with Crippen molar-refractivity contribution in [2.75, 3.05) is 0 Å². The van der Waals surface area contributed by atoms with Gasteiger partial charge in [0.2, 0.25) is 0 Å². The minimum absolute atomic E-state index is 0.367. The lowest BCUT2D eigenvalue weighted by Gasteiger charge is -2.30. The zero-order valence-electron chi connectivity index (χ0n) is 14.0. The molecule has 0 saturated carbocycles. The van der Waals surface area contributed by atoms with Crippen molar-refractivity contribution in [3.8, 4) is 0 Å². The molecule has 24 heavy (non-hydrogen) atoms. The number of rotatable bonds is 3. The molecule has 1 amide bonds. The summed E-state index contributed by atoms with van der Waals surface area (Å²) in [6.07, 6.45) is 2.23. The number of amides is 1. The molecule has 0 unspecified atom stereocenters. The second kappa shape index (κ2) is 7.38. The smallest absolute Gasteiger partial charge is 0.407 e. The Balaban J connectivity index is 2.14. The van der Waals surface area contributed by atoms with Gasteiger partial charge in [0, 0.05) is 10.5 Å². The Morgan fingerprint density at radius 1 is 1.33 bits per heavy atom. The molecule has 1 aliphatic rings. The monoisotopic (exact) mass is 395 g/mol. The summed E-state index contributed by atoms with van der Waals surface area (Å²) in [6, 6.07) is 7.28. The van der Waals surface area contributed by atoms with Crippen LogP contribution in [-0.4, -0.2) is 28.8 Å². The molecular formula is C18H22BrNO4. The van der Waals surface area contributed by atoms with Gasteiger partial charge in [0.05, 0.1) is 5.92 Å². The first kappa shape index (κ1) is 18.5. The molecule has 1 aliphatic carbocycles. The number of allylic oxidation sites excluding steroid dienone is 1. The first-order chi connectivity index (χ1) is 11.2. The van der Waals surface area contributed by atoms with Crippen LogP contribution in [0, 0.1) is 5.92 Å². The van der Waals surface area contributed by atoms with Crippen LogP contribution in [0.4, 0.5) is 4.79 Å². The fourth-order valence-corrected chi connectivity index (χ4v) is 3.10. The molecule has 5 nitrogen and oxygen atoms in total. The average molecular weight is 396 g/mol. The number of carboxylic acids is 1. The molecule has 2 N–H and O–H groups in total. The van der Waals surface area contributed by atoms with Gasteiger partial charge < -0.3 is 15.2 Å². The predicted octanol–water partition coefficient (Wildman–Crippen LogP) is 4.22. The van der Waals surface area contributed by atoms with E-state index in [1.165, 1.54) is 0 Å². The summed E-state index contributed by atoms with van der Waals surface area (Å²) in [5, 5.41) is 12.2. The first-order valence-corrected chi connectivity index (χ1v) is 8.62. The van der Waals surface area contributed by atoms with Crippen LogP contribution < -0.4 is 5.32 Å². The zero-order valence-corrected chi connectivity index (χ0v) is 15.6. The van der Waals surface area contributed by atoms with Crippen LogP contribution in [-0.2, 0) is 9.53 Å². The SMILES string of the molecule is CC(C)(C)OC(=O)N[C@H]1CC=C(c2cccc(Br)c2)C[C@@H]1C(=O)O. The molecule has 130 valence electrons. The second-order valence-corrected chi connectivity index (χ2v) is 7.79. The van der Waals surface area contributed by atoms with Gasteiger partial charge in [-0.1, -0.05) is 34.1 Å². The van der Waals surface area contributed by atoms with E-state index in [1.807, 2.05) is 30.3 Å². The quantitative estimate of drug-likeness (QED) is 0.802. The second-order valence-electron chi connectivity index (χ2n) is 6.88. The Kier molecular flexibility index (Phi) is 5.70. The Morgan fingerprint density at radius 3 is 2.62 bits per heavy atom. The average Bonchev–Trinajstić information content (AvgIpc) is 2.45. The van der Waals surface area contributed by atoms with Gasteiger partial charge in [-0.2, -0.15) is 0 Å². The molecule has 0 fully saturated rings. The van der Waals surface area contributed by atoms with Crippen LogP contribution in [0.1, 0.15) is 39.2 Å². The Hall–Kier alpha value is -1.82. The van der Waals surface area contributed by atoms with Gasteiger partial charge in [0.25, 0.3) is 0 Å². The number of nitrogens with one attached hydrogen (secondary N) is 1. The lowest BCUT2D eigenvalue weighted by Crippen LogP contribution is -2.46. The summed E-state index contributed by atoms with van der Waals surface area (Å²) < 4.78 is 6.17. The van der Waals surface area contributed by atoms with Crippen molar-refractivity contribution >= 4 is 33.6 Å². The van der Waals surface area contributed by atoms with E-state index in [1.54, 1.807) is 20.8 Å². The van der Waals surface area contributed by atoms with E-state index < -0.39 is 29.6 Å². The third-order valence-electron chi connectivity index (χ3n) is 3.76. The topological polar surface area (TPSA) is 75.6 Å². The van der Waals surface area contributed by atoms with E-state index in [0.29, 0.717) is 12.8 Å². The van der Waals surface area contributed by atoms with Gasteiger partial charge in [-0.25, -0.2) is 4.79 Å². The third kappa shape index (κ3) is 5.09. The molecule has 0 bridgehead atoms. The summed E-state index contributed by atoms with van der Waals surface area (Å²) in [7, 11) is 0. The number of benzene rings is 1. The van der Waals surface area contributed by atoms with Crippen molar-refractivity contribution in [2.45, 2.75) is 45.3 Å². The van der Waals surface area contributed by atoms with E-state index in [-0.39, 0.29) is 0 Å². The van der Waals surface area contributed by atoms with E-state index in [2.05, 4.69) is 21.2 Å². The molecule has 1 aromatic rings. The van der Waals surface area contributed by atoms with Gasteiger partial charge in [-0.05, 0) is 56.9 Å². The van der Waals surface area contributed by atoms with E-state index >= 15 is 0 Å². The van der Waals surface area contributed by atoms with Crippen molar-refractivity contribution < 1.29 is 19.4 Å². The molecule has 2 atom stereocenters. The number of halogens is 1. The number of hydrogen-bond donors (Lipinski definition) is 2. The maximum atomic E-state index is 11.9. The molecule has 0 spiro atoms. The number of carbonyl (C=O) groups excluding carboxylic acids is 1. The van der Waals surface area contributed by atoms with Crippen LogP contribution in [0.15, 0.2) is 34.8 Å². The van der Waals surface area contributed by atoms with Crippen molar-refractivity contribution in [3.63, 3.8) is 0 Å². The number of alkyl carbamates (subject to hydrolysis) is 1. The molecule has 1 aromatic carbocycles. The van der Waals surface area contributed by atoms with E-state index in [0.717, 1.165) is 15.6 Å². The van der Waals surface area contributed by atoms with Gasteiger partial charge in [-0.3, -0.25) is 4.79 Å². The summed E-state index contributed by atoms with van der Waals surface area (Å²) in [5.41, 5.74) is 1.35. The number of carboxylic acid groups (broad SMARTS) is 1. The van der Waals surface area contributed by atoms with Crippen LogP contribution in [0.2, 0.25) is 0 Å². The Morgan fingerprint density at radius 2 is 2.04 bits per heavy atom. The standard InChI is InChI=1S/C18H22BrNO4/c1-18(2,3)24-17(23)20-15-8-7-12(10-14(15)16(21)22)11-5-4-6-13(19)9-11/h4-7,9,14-15H,8,10H2,1-3H3,(H,20,23)(H,21,22)/t14-,15-/m0/s1. The normalized spacial score (nSPS) is 20.9. The molecule has 0 radical (unpaired) electrons. The minimum atomic E-state index is -0.920. The number of hydrogen-bond acceptors (Lipinski definition) is 3. The summed E-state index contributed by atoms with van der Waals surface area (Å²) in [4.78, 5) is 23.6. The highest BCUT2D eigenvalue weighted by Gasteiger charge is 2.34. The highest BCUT2D eigenvalue weighted by atomic mass is 79.9. The van der Waals surface area contributed by atoms with Crippen LogP contribution in [0.5, 0.6) is 0 Å². The fourth-order valence-electron chi connectivity index (χ4n) is 2.70. The fraction of sp³-hybridized carbons (Fsp3) is 0.444. The van der Waals surface area contributed by atoms with Crippen LogP contribution in [0.25, 0.3) is 5.57 Å². The van der Waals surface area contributed by atoms with Crippen LogP contribution >= 0.6 is 15.9 Å². The van der Waals surface area contributed by atoms with E-state index in [4.69, 9.17) is 4.74 Å². The van der Waals surface area contributed by atoms with Gasteiger partial charge in [0.1, 0.15) is 5.60 Å². The van der Waals surface area contributed by atoms with Gasteiger partial charge in [0.15, 0.2) is 0 Å². The number of aliphatic carboxylic acids is 1. The predicted molar refractivity (Wildman–Crippen MR) is 95.6 cm³/mol. The maximum absolute atomic E-state index is 11.9. The zero-order chi connectivity index (χ0) is 17.9. The largest absolute Gasteiger partial charge is 0.481 e. The molecular weight excluding hydrogens is 374 g/mol. The molecule has 0 aromatic heterocycles. The molecule has 6 heteroatoms. The number of ether oxygens (including phenoxy) is 1. The van der Waals surface area contributed by atoms with Crippen molar-refractivity contribution in [2.24, 2.45) is 5.92 Å². The highest BCUT2D eigenvalue weighted by Crippen LogP contribution is 2.32. The van der Waals surface area contributed by atoms with Gasteiger partial charge >= 0.3 is 12.1 Å². The summed E-state index contributed by atoms with van der Waals surface area (Å²) >= 11 is 3.43. The van der Waals surface area contributed by atoms with Gasteiger partial charge in [-0.15, -0.1) is 0 Å². The van der Waals surface area contributed by atoms with Crippen molar-refractivity contribution in [1.82, 2.24) is 5.32 Å². The lowest BCUT2D eigenvalue weighted by atomic mass is 9.82. The maximum Gasteiger partial charge on any atom is 0.407 e. The third-order valence-corrected chi connectivity index (χ3v) is 4.25. The Labute approximate surface area is 150 Å². The molecule has 2 rings (SSSR count). The number of carbonyl (C=O) groups is 2. The van der Waals surface area contributed by atoms with E-state index in [9.17, 15) is 14.7 Å². The Bertz CT molecular complexity index is 663. The molecule has 0 aliphatic heterocycles. The molecule has 0 heterocycles. The lowest BCUT2D eigenvalue weighted by molar-refractivity contribution is -0.142. The summed E-state index contributed by atoms with van der Waals surface area (Å²) in [5.74, 6) is -1.60. The minimum Gasteiger partial charge on any atom is -0.481 e. The van der Waals surface area contributed by atoms with Crippen LogP contribution in [0.3, 0.4) is 0 Å². The molecule has 0 saturated heterocycles. The van der Waals surface area contributed by atoms with Crippen molar-refractivity contribution in [1.29, 1.82) is 0 Å². The first-order valence-electron chi connectivity index (χ1n) is 7.83. The summed E-state index contributed by atoms with van der Waals surface area (Å²) in [6.45, 7) is 5.31. The highest BCUT2D eigenvalue weighted by molar-refractivity contribution is 9.10. The van der Waals surface area contributed by atoms with Crippen molar-refractivity contribution in [3.05, 3.63) is 40.4 Å².